The molecule has 0 aromatic carbocycles. The van der Waals surface area contributed by atoms with Gasteiger partial charge in [0.2, 0.25) is 5.91 Å². The second-order valence-electron chi connectivity index (χ2n) is 7.74. The first kappa shape index (κ1) is 16.8. The Hall–Kier alpha value is -0.570. The van der Waals surface area contributed by atoms with Crippen molar-refractivity contribution >= 4 is 5.91 Å². The summed E-state index contributed by atoms with van der Waals surface area (Å²) < 4.78 is 0. The normalized spacial score (nSPS) is 32.4. The molecule has 0 radical (unpaired) electrons. The highest BCUT2D eigenvalue weighted by Gasteiger charge is 2.42. The van der Waals surface area contributed by atoms with E-state index >= 15 is 0 Å². The smallest absolute Gasteiger partial charge is 0.226 e. The summed E-state index contributed by atoms with van der Waals surface area (Å²) in [5, 5.41) is 3.68. The molecule has 1 amide bonds. The van der Waals surface area contributed by atoms with Gasteiger partial charge in [-0.2, -0.15) is 0 Å². The van der Waals surface area contributed by atoms with Crippen LogP contribution < -0.4 is 5.32 Å². The molecular formula is C18H34N2O. The second kappa shape index (κ2) is 7.13. The number of nitrogens with one attached hydrogen (secondary N) is 1. The highest BCUT2D eigenvalue weighted by atomic mass is 16.2. The van der Waals surface area contributed by atoms with Crippen LogP contribution >= 0.6 is 0 Å². The zero-order valence-corrected chi connectivity index (χ0v) is 14.5. The van der Waals surface area contributed by atoms with Crippen LogP contribution in [-0.2, 0) is 4.79 Å². The lowest BCUT2D eigenvalue weighted by Gasteiger charge is -2.41. The summed E-state index contributed by atoms with van der Waals surface area (Å²) in [5.41, 5.74) is 0.204. The lowest BCUT2D eigenvalue weighted by Crippen LogP contribution is -2.53. The van der Waals surface area contributed by atoms with E-state index in [1.54, 1.807) is 0 Å². The molecule has 1 aliphatic heterocycles. The van der Waals surface area contributed by atoms with Crippen molar-refractivity contribution in [3.63, 3.8) is 0 Å². The standard InChI is InChI=1S/C18H34N2O/c1-5-11-19-16-9-12-20(13-14(16)6-2)17(21)15-8-7-10-18(15,3)4/h14-16,19H,5-13H2,1-4H3. The van der Waals surface area contributed by atoms with Crippen molar-refractivity contribution in [2.24, 2.45) is 17.3 Å². The largest absolute Gasteiger partial charge is 0.342 e. The molecule has 3 heteroatoms. The Morgan fingerprint density at radius 1 is 1.29 bits per heavy atom. The Labute approximate surface area is 130 Å². The average Bonchev–Trinajstić information content (AvgIpc) is 2.83. The van der Waals surface area contributed by atoms with Crippen molar-refractivity contribution in [3.8, 4) is 0 Å². The quantitative estimate of drug-likeness (QED) is 0.842. The number of hydrogen-bond donors (Lipinski definition) is 1. The van der Waals surface area contributed by atoms with Crippen molar-refractivity contribution < 1.29 is 4.79 Å². The number of piperidine rings is 1. The van der Waals surface area contributed by atoms with Crippen LogP contribution in [-0.4, -0.2) is 36.5 Å². The van der Waals surface area contributed by atoms with Crippen LogP contribution in [0.2, 0.25) is 0 Å². The maximum atomic E-state index is 12.9. The Morgan fingerprint density at radius 2 is 2.05 bits per heavy atom. The van der Waals surface area contributed by atoms with Gasteiger partial charge >= 0.3 is 0 Å². The minimum absolute atomic E-state index is 0.204. The lowest BCUT2D eigenvalue weighted by molar-refractivity contribution is -0.140. The van der Waals surface area contributed by atoms with Gasteiger partial charge in [0.15, 0.2) is 0 Å². The number of nitrogens with zero attached hydrogens (tertiary/aromatic N) is 1. The summed E-state index contributed by atoms with van der Waals surface area (Å²) in [6.45, 7) is 12.0. The zero-order valence-electron chi connectivity index (χ0n) is 14.5. The Kier molecular flexibility index (Phi) is 5.70. The van der Waals surface area contributed by atoms with Crippen LogP contribution in [0.5, 0.6) is 0 Å². The summed E-state index contributed by atoms with van der Waals surface area (Å²) in [5.74, 6) is 1.32. The minimum atomic E-state index is 0.204. The molecule has 0 bridgehead atoms. The fraction of sp³-hybridized carbons (Fsp3) is 0.944. The summed E-state index contributed by atoms with van der Waals surface area (Å²) >= 11 is 0. The van der Waals surface area contributed by atoms with E-state index in [0.29, 0.717) is 17.9 Å². The zero-order chi connectivity index (χ0) is 15.5. The molecule has 1 N–H and O–H groups in total. The van der Waals surface area contributed by atoms with E-state index in [0.717, 1.165) is 32.5 Å². The number of amides is 1. The molecule has 3 unspecified atom stereocenters. The van der Waals surface area contributed by atoms with Crippen LogP contribution in [0.3, 0.4) is 0 Å². The molecule has 21 heavy (non-hydrogen) atoms. The number of likely N-dealkylation sites (tertiary alicyclic amines) is 1. The van der Waals surface area contributed by atoms with E-state index in [4.69, 9.17) is 0 Å². The number of hydrogen-bond acceptors (Lipinski definition) is 2. The maximum Gasteiger partial charge on any atom is 0.226 e. The number of carbonyl (C=O) groups excluding carboxylic acids is 1. The predicted molar refractivity (Wildman–Crippen MR) is 88.2 cm³/mol. The van der Waals surface area contributed by atoms with Crippen molar-refractivity contribution in [2.45, 2.75) is 72.3 Å². The molecule has 0 aromatic rings. The Balaban J connectivity index is 1.95. The van der Waals surface area contributed by atoms with Crippen LogP contribution in [0, 0.1) is 17.3 Å². The van der Waals surface area contributed by atoms with Gasteiger partial charge < -0.3 is 10.2 Å². The van der Waals surface area contributed by atoms with E-state index in [9.17, 15) is 4.79 Å². The number of carbonyl (C=O) groups is 1. The predicted octanol–water partition coefficient (Wildman–Crippen LogP) is 3.44. The third-order valence-electron chi connectivity index (χ3n) is 5.78. The molecular weight excluding hydrogens is 260 g/mol. The third kappa shape index (κ3) is 3.80. The molecule has 1 saturated heterocycles. The molecule has 2 aliphatic rings. The first-order valence-corrected chi connectivity index (χ1v) is 9.01. The highest BCUT2D eigenvalue weighted by Crippen LogP contribution is 2.43. The molecule has 3 atom stereocenters. The van der Waals surface area contributed by atoms with Crippen LogP contribution in [0.1, 0.15) is 66.2 Å². The molecule has 122 valence electrons. The summed E-state index contributed by atoms with van der Waals surface area (Å²) in [4.78, 5) is 15.1. The summed E-state index contributed by atoms with van der Waals surface area (Å²) in [6.07, 6.45) is 6.99. The van der Waals surface area contributed by atoms with Gasteiger partial charge in [-0.1, -0.05) is 40.5 Å². The molecule has 2 fully saturated rings. The topological polar surface area (TPSA) is 32.3 Å². The molecule has 1 heterocycles. The van der Waals surface area contributed by atoms with Crippen LogP contribution in [0.4, 0.5) is 0 Å². The monoisotopic (exact) mass is 294 g/mol. The Morgan fingerprint density at radius 3 is 2.62 bits per heavy atom. The van der Waals surface area contributed by atoms with Crippen LogP contribution in [0.25, 0.3) is 0 Å². The van der Waals surface area contributed by atoms with Crippen molar-refractivity contribution in [2.75, 3.05) is 19.6 Å². The first-order chi connectivity index (χ1) is 9.99. The van der Waals surface area contributed by atoms with Gasteiger partial charge in [0.25, 0.3) is 0 Å². The number of rotatable bonds is 5. The third-order valence-corrected chi connectivity index (χ3v) is 5.78. The summed E-state index contributed by atoms with van der Waals surface area (Å²) in [6, 6.07) is 0.607. The van der Waals surface area contributed by atoms with Crippen molar-refractivity contribution in [1.29, 1.82) is 0 Å². The van der Waals surface area contributed by atoms with Crippen LogP contribution in [0.15, 0.2) is 0 Å². The fourth-order valence-corrected chi connectivity index (χ4v) is 4.25. The van der Waals surface area contributed by atoms with E-state index in [-0.39, 0.29) is 11.3 Å². The summed E-state index contributed by atoms with van der Waals surface area (Å²) in [7, 11) is 0. The van der Waals surface area contributed by atoms with E-state index in [1.165, 1.54) is 25.7 Å². The van der Waals surface area contributed by atoms with E-state index in [2.05, 4.69) is 37.9 Å². The highest BCUT2D eigenvalue weighted by molar-refractivity contribution is 5.80. The van der Waals surface area contributed by atoms with E-state index in [1.807, 2.05) is 0 Å². The van der Waals surface area contributed by atoms with Gasteiger partial charge in [-0.3, -0.25) is 4.79 Å². The van der Waals surface area contributed by atoms with E-state index < -0.39 is 0 Å². The molecule has 2 rings (SSSR count). The molecule has 1 saturated carbocycles. The lowest BCUT2D eigenvalue weighted by atomic mass is 9.80. The maximum absolute atomic E-state index is 12.9. The Bertz CT molecular complexity index is 353. The average molecular weight is 294 g/mol. The van der Waals surface area contributed by atoms with Gasteiger partial charge in [-0.15, -0.1) is 0 Å². The molecule has 3 nitrogen and oxygen atoms in total. The SMILES string of the molecule is CCCNC1CCN(C(=O)C2CCCC2(C)C)CC1CC. The van der Waals surface area contributed by atoms with Crippen molar-refractivity contribution in [3.05, 3.63) is 0 Å². The molecule has 1 aliphatic carbocycles. The molecule has 0 spiro atoms. The van der Waals surface area contributed by atoms with Gasteiger partial charge in [0.1, 0.15) is 0 Å². The van der Waals surface area contributed by atoms with Crippen molar-refractivity contribution in [1.82, 2.24) is 10.2 Å². The van der Waals surface area contributed by atoms with Gasteiger partial charge in [0, 0.05) is 25.0 Å². The van der Waals surface area contributed by atoms with Gasteiger partial charge in [0.05, 0.1) is 0 Å². The fourth-order valence-electron chi connectivity index (χ4n) is 4.25. The van der Waals surface area contributed by atoms with Gasteiger partial charge in [-0.25, -0.2) is 0 Å². The first-order valence-electron chi connectivity index (χ1n) is 9.01. The minimum Gasteiger partial charge on any atom is -0.342 e. The van der Waals surface area contributed by atoms with Gasteiger partial charge in [-0.05, 0) is 43.6 Å². The molecule has 0 aromatic heterocycles. The second-order valence-corrected chi connectivity index (χ2v) is 7.74.